The van der Waals surface area contributed by atoms with Crippen molar-refractivity contribution in [3.05, 3.63) is 57.3 Å². The summed E-state index contributed by atoms with van der Waals surface area (Å²) in [7, 11) is 0. The molecule has 0 saturated carbocycles. The molecule has 0 bridgehead atoms. The molecule has 0 atom stereocenters. The first kappa shape index (κ1) is 12.5. The van der Waals surface area contributed by atoms with Gasteiger partial charge < -0.3 is 4.98 Å². The van der Waals surface area contributed by atoms with E-state index in [1.54, 1.807) is 0 Å². The van der Waals surface area contributed by atoms with Gasteiger partial charge in [0.05, 0.1) is 21.7 Å². The van der Waals surface area contributed by atoms with E-state index < -0.39 is 0 Å². The first-order valence-corrected chi connectivity index (χ1v) is 6.83. The highest BCUT2D eigenvalue weighted by molar-refractivity contribution is 7.71. The summed E-state index contributed by atoms with van der Waals surface area (Å²) in [5.41, 5.74) is 5.31. The van der Waals surface area contributed by atoms with Crippen LogP contribution >= 0.6 is 23.8 Å². The van der Waals surface area contributed by atoms with Crippen molar-refractivity contribution in [1.29, 1.82) is 0 Å². The number of fused-ring (bicyclic) bond motifs is 1. The van der Waals surface area contributed by atoms with Crippen LogP contribution in [0.25, 0.3) is 16.7 Å². The molecule has 19 heavy (non-hydrogen) atoms. The molecule has 0 aliphatic rings. The van der Waals surface area contributed by atoms with E-state index in [0.29, 0.717) is 9.79 Å². The number of H-pyrrole nitrogens is 1. The quantitative estimate of drug-likeness (QED) is 0.628. The van der Waals surface area contributed by atoms with Gasteiger partial charge >= 0.3 is 0 Å². The molecule has 2 nitrogen and oxygen atoms in total. The van der Waals surface area contributed by atoms with Crippen molar-refractivity contribution in [3.8, 4) is 5.69 Å². The molecule has 2 aromatic carbocycles. The van der Waals surface area contributed by atoms with Crippen molar-refractivity contribution in [2.24, 2.45) is 0 Å². The molecule has 4 heteroatoms. The maximum Gasteiger partial charge on any atom is 0.182 e. The average molecular weight is 289 g/mol. The maximum atomic E-state index is 6.35. The monoisotopic (exact) mass is 288 g/mol. The highest BCUT2D eigenvalue weighted by Crippen LogP contribution is 2.26. The Bertz CT molecular complexity index is 830. The van der Waals surface area contributed by atoms with Crippen molar-refractivity contribution in [3.63, 3.8) is 0 Å². The molecule has 0 amide bonds. The van der Waals surface area contributed by atoms with Crippen LogP contribution in [0, 0.1) is 18.6 Å². The molecule has 3 rings (SSSR count). The highest BCUT2D eigenvalue weighted by Gasteiger charge is 2.09. The fourth-order valence-corrected chi connectivity index (χ4v) is 2.87. The Balaban J connectivity index is 2.38. The van der Waals surface area contributed by atoms with E-state index in [1.807, 2.05) is 35.8 Å². The summed E-state index contributed by atoms with van der Waals surface area (Å²) in [5.74, 6) is 0. The summed E-state index contributed by atoms with van der Waals surface area (Å²) in [6.45, 7) is 4.09. The van der Waals surface area contributed by atoms with Crippen LogP contribution in [0.5, 0.6) is 0 Å². The summed E-state index contributed by atoms with van der Waals surface area (Å²) in [6.07, 6.45) is 0. The molecule has 0 saturated heterocycles. The SMILES string of the molecule is Cc1ccc(-n2c(=S)[nH]c3ccc(C)cc32)c(Cl)c1. The molecule has 1 heterocycles. The number of hydrogen-bond acceptors (Lipinski definition) is 1. The van der Waals surface area contributed by atoms with E-state index in [0.717, 1.165) is 22.3 Å². The van der Waals surface area contributed by atoms with Crippen LogP contribution < -0.4 is 0 Å². The second-order valence-electron chi connectivity index (χ2n) is 4.74. The van der Waals surface area contributed by atoms with E-state index in [-0.39, 0.29) is 0 Å². The molecular formula is C15H13ClN2S. The minimum absolute atomic E-state index is 0.659. The van der Waals surface area contributed by atoms with Gasteiger partial charge in [0.15, 0.2) is 4.77 Å². The first-order valence-electron chi connectivity index (χ1n) is 6.04. The first-order chi connectivity index (χ1) is 9.06. The third kappa shape index (κ3) is 2.09. The minimum Gasteiger partial charge on any atom is -0.330 e. The van der Waals surface area contributed by atoms with Gasteiger partial charge in [0, 0.05) is 0 Å². The van der Waals surface area contributed by atoms with Gasteiger partial charge in [-0.05, 0) is 61.5 Å². The normalized spacial score (nSPS) is 11.1. The molecule has 0 aliphatic heterocycles. The maximum absolute atomic E-state index is 6.35. The summed E-state index contributed by atoms with van der Waals surface area (Å²) in [4.78, 5) is 3.21. The molecule has 0 spiro atoms. The topological polar surface area (TPSA) is 20.7 Å². The Morgan fingerprint density at radius 3 is 2.47 bits per heavy atom. The van der Waals surface area contributed by atoms with Gasteiger partial charge in [-0.2, -0.15) is 0 Å². The zero-order chi connectivity index (χ0) is 13.6. The molecule has 3 aromatic rings. The Labute approximate surface area is 121 Å². The molecule has 0 fully saturated rings. The van der Waals surface area contributed by atoms with E-state index in [1.165, 1.54) is 5.56 Å². The number of aromatic nitrogens is 2. The van der Waals surface area contributed by atoms with E-state index in [2.05, 4.69) is 24.0 Å². The molecule has 1 aromatic heterocycles. The number of halogens is 1. The fourth-order valence-electron chi connectivity index (χ4n) is 2.25. The number of aryl methyl sites for hydroxylation is 2. The Hall–Kier alpha value is -1.58. The van der Waals surface area contributed by atoms with Crippen LogP contribution in [0.1, 0.15) is 11.1 Å². The van der Waals surface area contributed by atoms with Crippen molar-refractivity contribution in [2.45, 2.75) is 13.8 Å². The number of imidazole rings is 1. The largest absolute Gasteiger partial charge is 0.330 e. The molecule has 0 radical (unpaired) electrons. The van der Waals surface area contributed by atoms with E-state index in [9.17, 15) is 0 Å². The predicted molar refractivity (Wildman–Crippen MR) is 82.9 cm³/mol. The van der Waals surface area contributed by atoms with Crippen LogP contribution in [0.15, 0.2) is 36.4 Å². The van der Waals surface area contributed by atoms with Gasteiger partial charge in [-0.25, -0.2) is 0 Å². The summed E-state index contributed by atoms with van der Waals surface area (Å²) < 4.78 is 2.64. The van der Waals surface area contributed by atoms with Crippen molar-refractivity contribution < 1.29 is 0 Å². The van der Waals surface area contributed by atoms with Crippen LogP contribution in [0.3, 0.4) is 0 Å². The van der Waals surface area contributed by atoms with Gasteiger partial charge in [0.2, 0.25) is 0 Å². The second kappa shape index (κ2) is 4.51. The van der Waals surface area contributed by atoms with Crippen LogP contribution in [-0.2, 0) is 0 Å². The van der Waals surface area contributed by atoms with Gasteiger partial charge in [-0.1, -0.05) is 23.7 Å². The van der Waals surface area contributed by atoms with Crippen molar-refractivity contribution in [1.82, 2.24) is 9.55 Å². The second-order valence-corrected chi connectivity index (χ2v) is 5.53. The number of nitrogens with zero attached hydrogens (tertiary/aromatic N) is 1. The lowest BCUT2D eigenvalue weighted by Gasteiger charge is -2.08. The van der Waals surface area contributed by atoms with E-state index >= 15 is 0 Å². The van der Waals surface area contributed by atoms with Crippen LogP contribution in [-0.4, -0.2) is 9.55 Å². The highest BCUT2D eigenvalue weighted by atomic mass is 35.5. The zero-order valence-electron chi connectivity index (χ0n) is 10.7. The standard InChI is InChI=1S/C15H13ClN2S/c1-9-4-6-13(11(16)7-9)18-14-8-10(2)3-5-12(14)17-15(18)19/h3-8H,1-2H3,(H,17,19). The van der Waals surface area contributed by atoms with Crippen LogP contribution in [0.4, 0.5) is 0 Å². The Kier molecular flexibility index (Phi) is 2.96. The third-order valence-corrected chi connectivity index (χ3v) is 3.77. The van der Waals surface area contributed by atoms with Crippen molar-refractivity contribution >= 4 is 34.9 Å². The molecule has 96 valence electrons. The fraction of sp³-hybridized carbons (Fsp3) is 0.133. The van der Waals surface area contributed by atoms with Gasteiger partial charge in [-0.15, -0.1) is 0 Å². The van der Waals surface area contributed by atoms with Gasteiger partial charge in [0.25, 0.3) is 0 Å². The third-order valence-electron chi connectivity index (χ3n) is 3.18. The van der Waals surface area contributed by atoms with E-state index in [4.69, 9.17) is 23.8 Å². The minimum atomic E-state index is 0.659. The van der Waals surface area contributed by atoms with Crippen LogP contribution in [0.2, 0.25) is 5.02 Å². The van der Waals surface area contributed by atoms with Gasteiger partial charge in [-0.3, -0.25) is 4.57 Å². The Morgan fingerprint density at radius 2 is 1.74 bits per heavy atom. The lowest BCUT2D eigenvalue weighted by atomic mass is 10.2. The summed E-state index contributed by atoms with van der Waals surface area (Å²) in [6, 6.07) is 12.2. The van der Waals surface area contributed by atoms with Crippen molar-refractivity contribution in [2.75, 3.05) is 0 Å². The summed E-state index contributed by atoms with van der Waals surface area (Å²) >= 11 is 11.8. The molecular weight excluding hydrogens is 276 g/mol. The predicted octanol–water partition coefficient (Wildman–Crippen LogP) is 4.96. The summed E-state index contributed by atoms with van der Waals surface area (Å²) in [5, 5.41) is 0.707. The average Bonchev–Trinajstić information content (AvgIpc) is 2.65. The number of nitrogens with one attached hydrogen (secondary N) is 1. The molecule has 0 unspecified atom stereocenters. The number of hydrogen-bond donors (Lipinski definition) is 1. The van der Waals surface area contributed by atoms with Gasteiger partial charge in [0.1, 0.15) is 0 Å². The zero-order valence-corrected chi connectivity index (χ0v) is 12.3. The Morgan fingerprint density at radius 1 is 1.05 bits per heavy atom. The molecule has 0 aliphatic carbocycles. The molecule has 1 N–H and O–H groups in total. The lowest BCUT2D eigenvalue weighted by molar-refractivity contribution is 1.06. The number of aromatic amines is 1. The number of rotatable bonds is 1. The number of benzene rings is 2. The smallest absolute Gasteiger partial charge is 0.182 e. The lowest BCUT2D eigenvalue weighted by Crippen LogP contribution is -1.95.